The minimum Gasteiger partial charge on any atom is -0.456 e. The number of ether oxygens (including phenoxy) is 1. The van der Waals surface area contributed by atoms with E-state index < -0.39 is 6.10 Å². The van der Waals surface area contributed by atoms with E-state index in [0.717, 1.165) is 0 Å². The Morgan fingerprint density at radius 3 is 2.53 bits per heavy atom. The molecule has 1 aromatic rings. The van der Waals surface area contributed by atoms with Crippen LogP contribution in [0.4, 0.5) is 0 Å². The second-order valence-corrected chi connectivity index (χ2v) is 3.41. The smallest absolute Gasteiger partial charge is 0.303 e. The Morgan fingerprint density at radius 2 is 2.00 bits per heavy atom. The van der Waals surface area contributed by atoms with Crippen LogP contribution < -0.4 is 0 Å². The molecule has 1 rings (SSSR count). The van der Waals surface area contributed by atoms with Gasteiger partial charge in [0.2, 0.25) is 0 Å². The van der Waals surface area contributed by atoms with Crippen LogP contribution in [0.3, 0.4) is 0 Å². The number of nitrogens with zero attached hydrogens (tertiary/aromatic N) is 1. The third-order valence-electron chi connectivity index (χ3n) is 1.98. The van der Waals surface area contributed by atoms with Crippen LogP contribution in [-0.2, 0) is 9.53 Å². The van der Waals surface area contributed by atoms with Gasteiger partial charge in [0.25, 0.3) is 0 Å². The summed E-state index contributed by atoms with van der Waals surface area (Å²) in [7, 11) is 0. The first-order valence-electron chi connectivity index (χ1n) is 4.83. The van der Waals surface area contributed by atoms with Gasteiger partial charge >= 0.3 is 5.97 Å². The van der Waals surface area contributed by atoms with Crippen LogP contribution in [-0.4, -0.2) is 16.1 Å². The first kappa shape index (κ1) is 11.7. The number of esters is 1. The SMILES string of the molecule is CC(=O)OC(C)c1cccc([C@H](C)O)n1. The maximum atomic E-state index is 10.7. The standard InChI is InChI=1S/C11H15NO3/c1-7(13)10-5-4-6-11(12-10)8(2)15-9(3)14/h4-8,13H,1-3H3/t7-,8?/m0/s1. The molecule has 0 aliphatic heterocycles. The fraction of sp³-hybridized carbons (Fsp3) is 0.455. The number of hydrogen-bond donors (Lipinski definition) is 1. The summed E-state index contributed by atoms with van der Waals surface area (Å²) in [6.45, 7) is 4.74. The molecule has 0 radical (unpaired) electrons. The van der Waals surface area contributed by atoms with Gasteiger partial charge in [-0.1, -0.05) is 6.07 Å². The van der Waals surface area contributed by atoms with Gasteiger partial charge < -0.3 is 9.84 Å². The minimum atomic E-state index is -0.616. The number of pyridine rings is 1. The van der Waals surface area contributed by atoms with Gasteiger partial charge in [0.15, 0.2) is 0 Å². The van der Waals surface area contributed by atoms with E-state index in [-0.39, 0.29) is 12.1 Å². The van der Waals surface area contributed by atoms with Gasteiger partial charge in [-0.25, -0.2) is 0 Å². The van der Waals surface area contributed by atoms with Gasteiger partial charge in [0.1, 0.15) is 6.10 Å². The molecule has 1 N–H and O–H groups in total. The van der Waals surface area contributed by atoms with E-state index in [1.54, 1.807) is 32.0 Å². The van der Waals surface area contributed by atoms with Crippen molar-refractivity contribution in [1.82, 2.24) is 4.98 Å². The molecule has 0 saturated carbocycles. The Bertz CT molecular complexity index is 349. The highest BCUT2D eigenvalue weighted by atomic mass is 16.5. The maximum absolute atomic E-state index is 10.7. The van der Waals surface area contributed by atoms with Crippen LogP contribution in [0.15, 0.2) is 18.2 Å². The molecule has 15 heavy (non-hydrogen) atoms. The first-order chi connectivity index (χ1) is 7.00. The maximum Gasteiger partial charge on any atom is 0.303 e. The molecule has 4 heteroatoms. The lowest BCUT2D eigenvalue weighted by molar-refractivity contribution is -0.146. The Balaban J connectivity index is 2.85. The molecule has 0 amide bonds. The van der Waals surface area contributed by atoms with Gasteiger partial charge in [0.05, 0.1) is 17.5 Å². The quantitative estimate of drug-likeness (QED) is 0.770. The number of aromatic nitrogens is 1. The molecular weight excluding hydrogens is 194 g/mol. The van der Waals surface area contributed by atoms with Crippen molar-refractivity contribution in [2.24, 2.45) is 0 Å². The Hall–Kier alpha value is -1.42. The molecule has 4 nitrogen and oxygen atoms in total. The molecule has 0 aromatic carbocycles. The summed E-state index contributed by atoms with van der Waals surface area (Å²) in [6.07, 6.45) is -1.00. The van der Waals surface area contributed by atoms with Gasteiger partial charge in [-0.3, -0.25) is 9.78 Å². The van der Waals surface area contributed by atoms with E-state index in [4.69, 9.17) is 4.74 Å². The number of rotatable bonds is 3. The zero-order valence-corrected chi connectivity index (χ0v) is 9.10. The molecule has 0 fully saturated rings. The Labute approximate surface area is 88.9 Å². The molecule has 1 heterocycles. The van der Waals surface area contributed by atoms with Gasteiger partial charge in [-0.15, -0.1) is 0 Å². The van der Waals surface area contributed by atoms with E-state index in [1.807, 2.05) is 0 Å². The average molecular weight is 209 g/mol. The lowest BCUT2D eigenvalue weighted by atomic mass is 10.2. The predicted molar refractivity (Wildman–Crippen MR) is 55.1 cm³/mol. The van der Waals surface area contributed by atoms with Crippen molar-refractivity contribution in [3.8, 4) is 0 Å². The normalized spacial score (nSPS) is 14.4. The molecular formula is C11H15NO3. The number of hydrogen-bond acceptors (Lipinski definition) is 4. The first-order valence-corrected chi connectivity index (χ1v) is 4.83. The van der Waals surface area contributed by atoms with Gasteiger partial charge in [-0.2, -0.15) is 0 Å². The summed E-state index contributed by atoms with van der Waals surface area (Å²) in [5.41, 5.74) is 1.22. The Morgan fingerprint density at radius 1 is 1.40 bits per heavy atom. The predicted octanol–water partition coefficient (Wildman–Crippen LogP) is 1.76. The van der Waals surface area contributed by atoms with Crippen molar-refractivity contribution in [3.63, 3.8) is 0 Å². The molecule has 1 unspecified atom stereocenters. The van der Waals surface area contributed by atoms with Gasteiger partial charge in [-0.05, 0) is 26.0 Å². The third-order valence-corrected chi connectivity index (χ3v) is 1.98. The zero-order valence-electron chi connectivity index (χ0n) is 9.10. The van der Waals surface area contributed by atoms with Crippen LogP contribution in [0, 0.1) is 0 Å². The monoisotopic (exact) mass is 209 g/mol. The fourth-order valence-corrected chi connectivity index (χ4v) is 1.24. The van der Waals surface area contributed by atoms with Crippen molar-refractivity contribution in [1.29, 1.82) is 0 Å². The molecule has 1 aromatic heterocycles. The van der Waals surface area contributed by atoms with Crippen LogP contribution in [0.25, 0.3) is 0 Å². The summed E-state index contributed by atoms with van der Waals surface area (Å²) in [5.74, 6) is -0.341. The molecule has 0 spiro atoms. The van der Waals surface area contributed by atoms with Crippen molar-refractivity contribution >= 4 is 5.97 Å². The molecule has 0 aliphatic rings. The molecule has 0 saturated heterocycles. The molecule has 82 valence electrons. The van der Waals surface area contributed by atoms with Crippen LogP contribution >= 0.6 is 0 Å². The van der Waals surface area contributed by atoms with E-state index >= 15 is 0 Å². The Kier molecular flexibility index (Phi) is 3.80. The largest absolute Gasteiger partial charge is 0.456 e. The van der Waals surface area contributed by atoms with E-state index in [9.17, 15) is 9.90 Å². The average Bonchev–Trinajstić information content (AvgIpc) is 2.17. The number of carbonyl (C=O) groups excluding carboxylic acids is 1. The number of carbonyl (C=O) groups is 1. The summed E-state index contributed by atoms with van der Waals surface area (Å²) in [6, 6.07) is 5.28. The lowest BCUT2D eigenvalue weighted by Gasteiger charge is -2.12. The summed E-state index contributed by atoms with van der Waals surface area (Å²) in [5, 5.41) is 9.34. The van der Waals surface area contributed by atoms with Crippen molar-refractivity contribution in [2.45, 2.75) is 33.0 Å². The fourth-order valence-electron chi connectivity index (χ4n) is 1.24. The highest BCUT2D eigenvalue weighted by Crippen LogP contribution is 2.17. The van der Waals surface area contributed by atoms with Crippen LogP contribution in [0.2, 0.25) is 0 Å². The second kappa shape index (κ2) is 4.89. The van der Waals surface area contributed by atoms with Crippen LogP contribution in [0.1, 0.15) is 44.4 Å². The summed E-state index contributed by atoms with van der Waals surface area (Å²) >= 11 is 0. The third kappa shape index (κ3) is 3.32. The number of aliphatic hydroxyl groups is 1. The molecule has 0 aliphatic carbocycles. The van der Waals surface area contributed by atoms with E-state index in [0.29, 0.717) is 11.4 Å². The molecule has 0 bridgehead atoms. The highest BCUT2D eigenvalue weighted by molar-refractivity contribution is 5.66. The van der Waals surface area contributed by atoms with Crippen molar-refractivity contribution < 1.29 is 14.6 Å². The second-order valence-electron chi connectivity index (χ2n) is 3.41. The summed E-state index contributed by atoms with van der Waals surface area (Å²) in [4.78, 5) is 14.9. The van der Waals surface area contributed by atoms with Gasteiger partial charge in [0, 0.05) is 6.92 Å². The van der Waals surface area contributed by atoms with Crippen molar-refractivity contribution in [3.05, 3.63) is 29.6 Å². The lowest BCUT2D eigenvalue weighted by Crippen LogP contribution is -2.08. The van der Waals surface area contributed by atoms with Crippen LogP contribution in [0.5, 0.6) is 0 Å². The topological polar surface area (TPSA) is 59.4 Å². The zero-order chi connectivity index (χ0) is 11.4. The van der Waals surface area contributed by atoms with E-state index in [2.05, 4.69) is 4.98 Å². The van der Waals surface area contributed by atoms with Crippen molar-refractivity contribution in [2.75, 3.05) is 0 Å². The number of aliphatic hydroxyl groups excluding tert-OH is 1. The van der Waals surface area contributed by atoms with E-state index in [1.165, 1.54) is 6.92 Å². The highest BCUT2D eigenvalue weighted by Gasteiger charge is 2.11. The summed E-state index contributed by atoms with van der Waals surface area (Å²) < 4.78 is 4.99. The molecule has 2 atom stereocenters. The minimum absolute atomic E-state index is 0.341.